The highest BCUT2D eigenvalue weighted by Crippen LogP contribution is 2.41. The lowest BCUT2D eigenvalue weighted by atomic mass is 9.97. The molecule has 12 aromatic rings. The number of benzene rings is 9. The number of nitrogens with zero attached hydrogens (tertiary/aromatic N) is 4. The van der Waals surface area contributed by atoms with Crippen molar-refractivity contribution in [2.75, 3.05) is 58.9 Å². The van der Waals surface area contributed by atoms with Crippen molar-refractivity contribution in [2.45, 2.75) is 61.4 Å². The second-order valence-electron chi connectivity index (χ2n) is 23.1. The molecule has 0 aliphatic rings. The monoisotopic (exact) mass is 1290 g/mol. The molecular weight excluding hydrogens is 1220 g/mol. The van der Waals surface area contributed by atoms with Gasteiger partial charge in [-0.15, -0.1) is 0 Å². The Morgan fingerprint density at radius 3 is 0.784 bits per heavy atom. The summed E-state index contributed by atoms with van der Waals surface area (Å²) in [7, 11) is 0. The highest BCUT2D eigenvalue weighted by molar-refractivity contribution is 5.95. The maximum Gasteiger partial charge on any atom is 0.344 e. The van der Waals surface area contributed by atoms with Crippen LogP contribution in [0, 0.1) is 0 Å². The third-order valence-corrected chi connectivity index (χ3v) is 17.7. The highest BCUT2D eigenvalue weighted by Gasteiger charge is 2.26. The van der Waals surface area contributed by atoms with Crippen LogP contribution in [0.3, 0.4) is 0 Å². The molecule has 0 amide bonds. The molecule has 12 rings (SSSR count). The van der Waals surface area contributed by atoms with E-state index in [0.717, 1.165) is 56.3 Å². The van der Waals surface area contributed by atoms with Crippen molar-refractivity contribution in [1.29, 1.82) is 0 Å². The molecule has 488 valence electrons. The average Bonchev–Trinajstić information content (AvgIpc) is 0.777. The third kappa shape index (κ3) is 13.7. The Morgan fingerprint density at radius 2 is 0.546 bits per heavy atom. The van der Waals surface area contributed by atoms with Crippen LogP contribution in [0.25, 0.3) is 66.3 Å². The Balaban J connectivity index is 0.980. The van der Waals surface area contributed by atoms with Crippen LogP contribution in [0.4, 0.5) is 34.1 Å². The number of carbonyl (C=O) groups excluding carboxylic acids is 3. The van der Waals surface area contributed by atoms with Gasteiger partial charge in [0.1, 0.15) is 36.6 Å². The molecule has 3 heterocycles. The minimum Gasteiger partial charge on any atom is -0.457 e. The van der Waals surface area contributed by atoms with Crippen molar-refractivity contribution in [1.82, 2.24) is 0 Å². The van der Waals surface area contributed by atoms with Gasteiger partial charge in [-0.1, -0.05) is 91.0 Å². The fourth-order valence-corrected chi connectivity index (χ4v) is 12.6. The normalized spacial score (nSPS) is 11.2. The Morgan fingerprint density at radius 1 is 0.309 bits per heavy atom. The summed E-state index contributed by atoms with van der Waals surface area (Å²) in [4.78, 5) is 92.8. The third-order valence-electron chi connectivity index (χ3n) is 17.7. The largest absolute Gasteiger partial charge is 0.457 e. The summed E-state index contributed by atoms with van der Waals surface area (Å²) >= 11 is 0. The summed E-state index contributed by atoms with van der Waals surface area (Å²) in [5.74, 6) is -1.67. The smallest absolute Gasteiger partial charge is 0.344 e. The van der Waals surface area contributed by atoms with Crippen LogP contribution in [0.15, 0.2) is 246 Å². The number of anilines is 6. The SMILES string of the molecule is CCN(CC)c1ccc2c(COC(=O)c3ccccc3)c(-c3ccc(N(c4ccc(-c5c(COC(=O)c6ccccc6)c6ccc(N(CC)CC)cc6oc5=O)cc4)c4ccc(-c5c(COC(=O)c6ccccc6)c6ccc(N(CC)CC)cc6oc5=O)cc4)cc3)c(=O)oc2c1. The van der Waals surface area contributed by atoms with Gasteiger partial charge in [-0.2, -0.15) is 0 Å². The predicted octanol–water partition coefficient (Wildman–Crippen LogP) is 17.1. The Hall–Kier alpha value is -11.8. The number of fused-ring (bicyclic) bond motifs is 3. The second-order valence-corrected chi connectivity index (χ2v) is 23.1. The zero-order valence-electron chi connectivity index (χ0n) is 54.8. The Kier molecular flexibility index (Phi) is 19.7. The van der Waals surface area contributed by atoms with E-state index >= 15 is 0 Å². The van der Waals surface area contributed by atoms with Crippen LogP contribution >= 0.6 is 0 Å². The van der Waals surface area contributed by atoms with Crippen molar-refractivity contribution in [3.63, 3.8) is 0 Å². The fourth-order valence-electron chi connectivity index (χ4n) is 12.6. The van der Waals surface area contributed by atoms with Crippen molar-refractivity contribution in [3.8, 4) is 33.4 Å². The van der Waals surface area contributed by atoms with Gasteiger partial charge in [0, 0.05) is 124 Å². The first kappa shape index (κ1) is 65.3. The highest BCUT2D eigenvalue weighted by atomic mass is 16.5. The fraction of sp³-hybridized carbons (Fsp3) is 0.185. The summed E-state index contributed by atoms with van der Waals surface area (Å²) in [6.07, 6.45) is 0. The van der Waals surface area contributed by atoms with E-state index in [-0.39, 0.29) is 36.5 Å². The molecule has 0 atom stereocenters. The molecule has 16 heteroatoms. The van der Waals surface area contributed by atoms with Crippen LogP contribution in [-0.4, -0.2) is 57.2 Å². The molecule has 97 heavy (non-hydrogen) atoms. The van der Waals surface area contributed by atoms with Crippen LogP contribution < -0.4 is 36.5 Å². The zero-order valence-corrected chi connectivity index (χ0v) is 54.8. The van der Waals surface area contributed by atoms with Gasteiger partial charge in [-0.05, 0) is 167 Å². The first-order valence-electron chi connectivity index (χ1n) is 32.6. The molecule has 0 fully saturated rings. The van der Waals surface area contributed by atoms with Crippen molar-refractivity contribution in [3.05, 3.63) is 283 Å². The van der Waals surface area contributed by atoms with Crippen LogP contribution in [-0.2, 0) is 34.0 Å². The van der Waals surface area contributed by atoms with Gasteiger partial charge in [0.25, 0.3) is 0 Å². The van der Waals surface area contributed by atoms with Crippen LogP contribution in [0.5, 0.6) is 0 Å². The van der Waals surface area contributed by atoms with Crippen LogP contribution in [0.1, 0.15) is 89.3 Å². The lowest BCUT2D eigenvalue weighted by Crippen LogP contribution is -2.21. The molecule has 0 unspecified atom stereocenters. The minimum atomic E-state index is -0.626. The van der Waals surface area contributed by atoms with E-state index in [1.807, 2.05) is 114 Å². The molecule has 9 aromatic carbocycles. The Labute approximate surface area is 560 Å². The number of hydrogen-bond acceptors (Lipinski definition) is 16. The van der Waals surface area contributed by atoms with Crippen molar-refractivity contribution < 1.29 is 41.8 Å². The van der Waals surface area contributed by atoms with Gasteiger partial charge in [-0.25, -0.2) is 28.8 Å². The van der Waals surface area contributed by atoms with E-state index in [0.29, 0.717) is 100 Å². The van der Waals surface area contributed by atoms with E-state index in [4.69, 9.17) is 27.5 Å². The Bertz CT molecular complexity index is 4520. The molecule has 0 N–H and O–H groups in total. The van der Waals surface area contributed by atoms with Gasteiger partial charge in [0.05, 0.1) is 33.4 Å². The number of hydrogen-bond donors (Lipinski definition) is 0. The average molecular weight is 1290 g/mol. The first-order chi connectivity index (χ1) is 47.3. The van der Waals surface area contributed by atoms with E-state index in [1.165, 1.54) is 0 Å². The minimum absolute atomic E-state index is 0.211. The van der Waals surface area contributed by atoms with E-state index in [1.54, 1.807) is 109 Å². The topological polar surface area (TPSA) is 182 Å². The lowest BCUT2D eigenvalue weighted by molar-refractivity contribution is 0.0466. The van der Waals surface area contributed by atoms with E-state index in [9.17, 15) is 28.8 Å². The molecule has 0 saturated carbocycles. The van der Waals surface area contributed by atoms with Crippen LogP contribution in [0.2, 0.25) is 0 Å². The van der Waals surface area contributed by atoms with Crippen molar-refractivity contribution >= 4 is 84.9 Å². The predicted molar refractivity (Wildman–Crippen MR) is 383 cm³/mol. The lowest BCUT2D eigenvalue weighted by Gasteiger charge is -2.26. The number of esters is 3. The molecule has 0 spiro atoms. The number of ether oxygens (including phenoxy) is 3. The number of rotatable bonds is 24. The molecule has 0 radical (unpaired) electrons. The van der Waals surface area contributed by atoms with Crippen molar-refractivity contribution in [2.24, 2.45) is 0 Å². The van der Waals surface area contributed by atoms with Gasteiger partial charge in [0.2, 0.25) is 0 Å². The zero-order chi connectivity index (χ0) is 67.7. The first-order valence-corrected chi connectivity index (χ1v) is 32.6. The standard InChI is InChI=1S/C81H72N4O12/c1-7-82(8-2)61-40-43-64-67(49-92-76(86)55-22-16-13-17-23-55)73(79(89)95-70(64)46-61)52-28-34-58(35-29-52)85(59-36-30-53(31-37-59)74-68(50-93-77(87)56-24-18-14-19-25-56)65-44-41-62(83(9-3)10-4)47-71(65)96-80(74)90)60-38-32-54(33-39-60)75-69(51-94-78(88)57-26-20-15-21-27-57)66-45-42-63(84(11-5)12-6)48-72(66)97-81(75)91/h13-48H,7-12,49-51H2,1-6H3. The van der Waals surface area contributed by atoms with E-state index < -0.39 is 34.8 Å². The maximum atomic E-state index is 14.6. The molecule has 16 nitrogen and oxygen atoms in total. The quantitative estimate of drug-likeness (QED) is 0.0316. The van der Waals surface area contributed by atoms with E-state index in [2.05, 4.69) is 56.2 Å². The molecule has 0 aliphatic carbocycles. The van der Waals surface area contributed by atoms with Gasteiger partial charge >= 0.3 is 34.8 Å². The van der Waals surface area contributed by atoms with Gasteiger partial charge < -0.3 is 47.1 Å². The summed E-state index contributed by atoms with van der Waals surface area (Å²) in [6, 6.07) is 65.0. The molecule has 0 bridgehead atoms. The summed E-state index contributed by atoms with van der Waals surface area (Å²) in [5.41, 5.74) is 8.21. The van der Waals surface area contributed by atoms with Gasteiger partial charge in [0.15, 0.2) is 0 Å². The molecule has 3 aromatic heterocycles. The summed E-state index contributed by atoms with van der Waals surface area (Å²) < 4.78 is 36.4. The molecule has 0 aliphatic heterocycles. The molecule has 0 saturated heterocycles. The maximum absolute atomic E-state index is 14.6. The number of carbonyl (C=O) groups is 3. The van der Waals surface area contributed by atoms with Gasteiger partial charge in [-0.3, -0.25) is 0 Å². The summed E-state index contributed by atoms with van der Waals surface area (Å²) in [6.45, 7) is 16.0. The second kappa shape index (κ2) is 29.2. The summed E-state index contributed by atoms with van der Waals surface area (Å²) in [5, 5.41) is 1.80. The molecular formula is C81H72N4O12.